The first-order chi connectivity index (χ1) is 14.2. The summed E-state index contributed by atoms with van der Waals surface area (Å²) < 4.78 is 6.09. The maximum Gasteiger partial charge on any atom is 0.220 e. The fourth-order valence-electron chi connectivity index (χ4n) is 4.21. The quantitative estimate of drug-likeness (QED) is 0.336. The van der Waals surface area contributed by atoms with Gasteiger partial charge in [0.1, 0.15) is 6.10 Å². The van der Waals surface area contributed by atoms with Crippen LogP contribution in [0.1, 0.15) is 56.9 Å². The van der Waals surface area contributed by atoms with E-state index < -0.39 is 0 Å². The molecule has 0 spiro atoms. The molecule has 1 saturated carbocycles. The van der Waals surface area contributed by atoms with Crippen LogP contribution in [0.2, 0.25) is 0 Å². The minimum atomic E-state index is 0. The van der Waals surface area contributed by atoms with Crippen LogP contribution < -0.4 is 15.4 Å². The van der Waals surface area contributed by atoms with Crippen molar-refractivity contribution < 1.29 is 9.53 Å². The highest BCUT2D eigenvalue weighted by atomic mass is 127. The molecule has 1 saturated heterocycles. The number of pyridine rings is 1. The number of nitrogens with one attached hydrogen (secondary N) is 2. The average Bonchev–Trinajstić information content (AvgIpc) is 2.76. The lowest BCUT2D eigenvalue weighted by atomic mass is 9.93. The number of likely N-dealkylation sites (tertiary alicyclic amines) is 1. The second-order valence-corrected chi connectivity index (χ2v) is 8.09. The lowest BCUT2D eigenvalue weighted by Crippen LogP contribution is -2.45. The summed E-state index contributed by atoms with van der Waals surface area (Å²) in [6, 6.07) is 4.05. The number of rotatable bonds is 6. The predicted octanol–water partition coefficient (Wildman–Crippen LogP) is 3.33. The van der Waals surface area contributed by atoms with Crippen LogP contribution >= 0.6 is 24.0 Å². The molecule has 1 amide bonds. The molecule has 0 atom stereocenters. The van der Waals surface area contributed by atoms with Gasteiger partial charge in [-0.3, -0.25) is 9.79 Å². The summed E-state index contributed by atoms with van der Waals surface area (Å²) in [4.78, 5) is 22.7. The molecule has 0 bridgehead atoms. The second kappa shape index (κ2) is 13.0. The Balaban J connectivity index is 0.00000320. The van der Waals surface area contributed by atoms with Crippen LogP contribution in [0.5, 0.6) is 5.88 Å². The van der Waals surface area contributed by atoms with Gasteiger partial charge in [0, 0.05) is 52.4 Å². The van der Waals surface area contributed by atoms with E-state index in [2.05, 4.69) is 25.5 Å². The van der Waals surface area contributed by atoms with E-state index >= 15 is 0 Å². The van der Waals surface area contributed by atoms with Crippen molar-refractivity contribution in [2.45, 2.75) is 64.0 Å². The smallest absolute Gasteiger partial charge is 0.220 e. The summed E-state index contributed by atoms with van der Waals surface area (Å²) in [6.45, 7) is 2.54. The zero-order chi connectivity index (χ0) is 20.5. The molecule has 0 unspecified atom stereocenters. The third kappa shape index (κ3) is 7.59. The highest BCUT2D eigenvalue weighted by Crippen LogP contribution is 2.23. The summed E-state index contributed by atoms with van der Waals surface area (Å²) in [6.07, 6.45) is 10.9. The summed E-state index contributed by atoms with van der Waals surface area (Å²) in [7, 11) is 3.52. The molecular formula is C22H36IN5O2. The van der Waals surface area contributed by atoms with Crippen molar-refractivity contribution >= 4 is 35.8 Å². The molecule has 0 aromatic carbocycles. The lowest BCUT2D eigenvalue weighted by molar-refractivity contribution is -0.121. The molecule has 30 heavy (non-hydrogen) atoms. The number of hydrogen-bond acceptors (Lipinski definition) is 4. The van der Waals surface area contributed by atoms with Gasteiger partial charge in [-0.25, -0.2) is 4.98 Å². The highest BCUT2D eigenvalue weighted by Gasteiger charge is 2.23. The van der Waals surface area contributed by atoms with Crippen molar-refractivity contribution in [3.05, 3.63) is 23.9 Å². The van der Waals surface area contributed by atoms with Crippen molar-refractivity contribution in [1.29, 1.82) is 0 Å². The number of amides is 1. The topological polar surface area (TPSA) is 78.9 Å². The van der Waals surface area contributed by atoms with Crippen LogP contribution in [-0.2, 0) is 11.3 Å². The Morgan fingerprint density at radius 3 is 2.63 bits per heavy atom. The summed E-state index contributed by atoms with van der Waals surface area (Å²) >= 11 is 0. The van der Waals surface area contributed by atoms with Gasteiger partial charge in [-0.2, -0.15) is 0 Å². The standard InChI is InChI=1S/C22H35N5O2.HI/c1-23-20(28)14-17-9-12-27(13-10-17)22(24-2)26-16-18-8-11-25-21(15-18)29-19-6-4-3-5-7-19;/h8,11,15,17,19H,3-7,9-10,12-14,16H2,1-2H3,(H,23,28)(H,24,26);1H. The van der Waals surface area contributed by atoms with Gasteiger partial charge < -0.3 is 20.3 Å². The van der Waals surface area contributed by atoms with Gasteiger partial charge in [0.2, 0.25) is 11.8 Å². The van der Waals surface area contributed by atoms with E-state index in [-0.39, 0.29) is 29.9 Å². The van der Waals surface area contributed by atoms with E-state index in [1.54, 1.807) is 7.05 Å². The van der Waals surface area contributed by atoms with Crippen molar-refractivity contribution in [2.75, 3.05) is 27.2 Å². The number of nitrogens with zero attached hydrogens (tertiary/aromatic N) is 3. The zero-order valence-electron chi connectivity index (χ0n) is 18.2. The van der Waals surface area contributed by atoms with Gasteiger partial charge in [0.25, 0.3) is 0 Å². The first-order valence-electron chi connectivity index (χ1n) is 11.0. The molecule has 1 aromatic heterocycles. The third-order valence-electron chi connectivity index (χ3n) is 5.97. The first kappa shape index (κ1) is 24.7. The zero-order valence-corrected chi connectivity index (χ0v) is 20.6. The molecule has 0 radical (unpaired) electrons. The Bertz CT molecular complexity index is 686. The monoisotopic (exact) mass is 529 g/mol. The number of aliphatic imine (C=N–C) groups is 1. The molecule has 2 fully saturated rings. The van der Waals surface area contributed by atoms with Crippen LogP contribution in [-0.4, -0.2) is 55.0 Å². The van der Waals surface area contributed by atoms with Crippen LogP contribution in [0.4, 0.5) is 0 Å². The molecule has 168 valence electrons. The Morgan fingerprint density at radius 2 is 1.97 bits per heavy atom. The van der Waals surface area contributed by atoms with E-state index in [1.165, 1.54) is 19.3 Å². The lowest BCUT2D eigenvalue weighted by Gasteiger charge is -2.34. The molecule has 1 aromatic rings. The molecule has 2 aliphatic rings. The Kier molecular flexibility index (Phi) is 10.7. The average molecular weight is 529 g/mol. The van der Waals surface area contributed by atoms with Gasteiger partial charge in [-0.05, 0) is 56.1 Å². The molecule has 1 aliphatic heterocycles. The number of carbonyl (C=O) groups excluding carboxylic acids is 1. The molecule has 3 rings (SSSR count). The van der Waals surface area contributed by atoms with Crippen molar-refractivity contribution in [3.8, 4) is 5.88 Å². The number of carbonyl (C=O) groups is 1. The van der Waals surface area contributed by atoms with Crippen LogP contribution in [0.15, 0.2) is 23.3 Å². The Morgan fingerprint density at radius 1 is 1.23 bits per heavy atom. The van der Waals surface area contributed by atoms with E-state index in [1.807, 2.05) is 25.4 Å². The Labute approximate surface area is 197 Å². The molecule has 8 heteroatoms. The normalized spacial score (nSPS) is 18.5. The summed E-state index contributed by atoms with van der Waals surface area (Å²) in [5, 5.41) is 6.19. The van der Waals surface area contributed by atoms with E-state index in [9.17, 15) is 4.79 Å². The van der Waals surface area contributed by atoms with E-state index in [4.69, 9.17) is 4.74 Å². The molecular weight excluding hydrogens is 493 g/mol. The molecule has 1 aliphatic carbocycles. The summed E-state index contributed by atoms with van der Waals surface area (Å²) in [5.41, 5.74) is 1.14. The highest BCUT2D eigenvalue weighted by molar-refractivity contribution is 14.0. The number of halogens is 1. The molecule has 2 heterocycles. The molecule has 2 N–H and O–H groups in total. The maximum atomic E-state index is 11.6. The van der Waals surface area contributed by atoms with Gasteiger partial charge >= 0.3 is 0 Å². The van der Waals surface area contributed by atoms with E-state index in [0.29, 0.717) is 25.0 Å². The minimum Gasteiger partial charge on any atom is -0.474 e. The van der Waals surface area contributed by atoms with Crippen molar-refractivity contribution in [1.82, 2.24) is 20.5 Å². The number of piperidine rings is 1. The van der Waals surface area contributed by atoms with Gasteiger partial charge in [0.15, 0.2) is 5.96 Å². The largest absolute Gasteiger partial charge is 0.474 e. The number of guanidine groups is 1. The predicted molar refractivity (Wildman–Crippen MR) is 130 cm³/mol. The fourth-order valence-corrected chi connectivity index (χ4v) is 4.21. The number of hydrogen-bond donors (Lipinski definition) is 2. The SMILES string of the molecule is CN=C(NCc1ccnc(OC2CCCCC2)c1)N1CCC(CC(=O)NC)CC1.I. The molecule has 7 nitrogen and oxygen atoms in total. The fraction of sp³-hybridized carbons (Fsp3) is 0.682. The van der Waals surface area contributed by atoms with E-state index in [0.717, 1.165) is 56.2 Å². The summed E-state index contributed by atoms with van der Waals surface area (Å²) in [5.74, 6) is 2.23. The minimum absolute atomic E-state index is 0. The maximum absolute atomic E-state index is 11.6. The third-order valence-corrected chi connectivity index (χ3v) is 5.97. The number of ether oxygens (including phenoxy) is 1. The van der Waals surface area contributed by atoms with Crippen LogP contribution in [0.3, 0.4) is 0 Å². The first-order valence-corrected chi connectivity index (χ1v) is 11.0. The van der Waals surface area contributed by atoms with Gasteiger partial charge in [0.05, 0.1) is 0 Å². The number of aromatic nitrogens is 1. The van der Waals surface area contributed by atoms with Crippen molar-refractivity contribution in [3.63, 3.8) is 0 Å². The Hall–Kier alpha value is -1.58. The van der Waals surface area contributed by atoms with Gasteiger partial charge in [-0.1, -0.05) is 6.42 Å². The van der Waals surface area contributed by atoms with Crippen LogP contribution in [0, 0.1) is 5.92 Å². The second-order valence-electron chi connectivity index (χ2n) is 8.09. The van der Waals surface area contributed by atoms with Crippen molar-refractivity contribution in [2.24, 2.45) is 10.9 Å². The van der Waals surface area contributed by atoms with Crippen LogP contribution in [0.25, 0.3) is 0 Å². The van der Waals surface area contributed by atoms with Gasteiger partial charge in [-0.15, -0.1) is 24.0 Å².